The maximum atomic E-state index is 12.6. The van der Waals surface area contributed by atoms with Crippen molar-refractivity contribution in [2.75, 3.05) is 5.73 Å². The van der Waals surface area contributed by atoms with E-state index in [2.05, 4.69) is 4.98 Å². The first kappa shape index (κ1) is 15.1. The Balaban J connectivity index is 1.91. The molecule has 2 N–H and O–H groups in total. The molecule has 2 aromatic carbocycles. The van der Waals surface area contributed by atoms with Crippen LogP contribution in [0.4, 0.5) is 18.9 Å². The number of rotatable bonds is 3. The Hall–Kier alpha value is -2.76. The average molecular weight is 317 g/mol. The highest BCUT2D eigenvalue weighted by atomic mass is 19.4. The van der Waals surface area contributed by atoms with Gasteiger partial charge in [0.25, 0.3) is 0 Å². The first-order chi connectivity index (χ1) is 10.9. The fourth-order valence-electron chi connectivity index (χ4n) is 2.37. The van der Waals surface area contributed by atoms with Gasteiger partial charge in [-0.1, -0.05) is 30.3 Å². The molecule has 0 radical (unpaired) electrons. The molecule has 0 aliphatic heterocycles. The van der Waals surface area contributed by atoms with E-state index in [4.69, 9.17) is 5.73 Å². The van der Waals surface area contributed by atoms with Crippen molar-refractivity contribution in [3.8, 4) is 11.4 Å². The van der Waals surface area contributed by atoms with Crippen LogP contribution in [0.5, 0.6) is 0 Å². The SMILES string of the molecule is Nc1ccccc1Cn1ccnc1-c1ccc(C(F)(F)F)cc1. The van der Waals surface area contributed by atoms with Crippen molar-refractivity contribution >= 4 is 5.69 Å². The lowest BCUT2D eigenvalue weighted by molar-refractivity contribution is -0.137. The van der Waals surface area contributed by atoms with Gasteiger partial charge in [0.1, 0.15) is 5.82 Å². The van der Waals surface area contributed by atoms with Gasteiger partial charge in [-0.25, -0.2) is 4.98 Å². The van der Waals surface area contributed by atoms with Crippen LogP contribution in [0.2, 0.25) is 0 Å². The van der Waals surface area contributed by atoms with Gasteiger partial charge in [0, 0.05) is 23.6 Å². The Bertz CT molecular complexity index is 804. The molecule has 3 aromatic rings. The molecule has 0 aliphatic rings. The minimum absolute atomic E-state index is 0.503. The number of hydrogen-bond acceptors (Lipinski definition) is 2. The number of halogens is 3. The Kier molecular flexibility index (Phi) is 3.82. The van der Waals surface area contributed by atoms with Crippen LogP contribution in [0, 0.1) is 0 Å². The van der Waals surface area contributed by atoms with Gasteiger partial charge in [0.15, 0.2) is 0 Å². The molecule has 0 unspecified atom stereocenters. The summed E-state index contributed by atoms with van der Waals surface area (Å²) in [4.78, 5) is 4.25. The lowest BCUT2D eigenvalue weighted by atomic mass is 10.1. The topological polar surface area (TPSA) is 43.8 Å². The Morgan fingerprint density at radius 3 is 2.35 bits per heavy atom. The summed E-state index contributed by atoms with van der Waals surface area (Å²) >= 11 is 0. The highest BCUT2D eigenvalue weighted by molar-refractivity contribution is 5.57. The average Bonchev–Trinajstić information content (AvgIpc) is 2.97. The molecule has 0 bridgehead atoms. The summed E-state index contributed by atoms with van der Waals surface area (Å²) in [6, 6.07) is 12.4. The number of alkyl halides is 3. The zero-order valence-corrected chi connectivity index (χ0v) is 12.1. The molecular formula is C17H14F3N3. The van der Waals surface area contributed by atoms with Crippen molar-refractivity contribution in [3.63, 3.8) is 0 Å². The van der Waals surface area contributed by atoms with Crippen LogP contribution in [-0.4, -0.2) is 9.55 Å². The lowest BCUT2D eigenvalue weighted by Crippen LogP contribution is -2.05. The third-order valence-electron chi connectivity index (χ3n) is 3.58. The predicted octanol–water partition coefficient (Wildman–Crippen LogP) is 4.20. The molecule has 0 aliphatic carbocycles. The van der Waals surface area contributed by atoms with Crippen LogP contribution < -0.4 is 5.73 Å². The molecule has 1 aromatic heterocycles. The molecule has 3 rings (SSSR count). The standard InChI is InChI=1S/C17H14F3N3/c18-17(19,20)14-7-5-12(6-8-14)16-22-9-10-23(16)11-13-3-1-2-4-15(13)21/h1-10H,11,21H2. The highest BCUT2D eigenvalue weighted by Crippen LogP contribution is 2.30. The van der Waals surface area contributed by atoms with E-state index in [1.165, 1.54) is 12.1 Å². The van der Waals surface area contributed by atoms with Crippen LogP contribution in [-0.2, 0) is 12.7 Å². The number of aromatic nitrogens is 2. The summed E-state index contributed by atoms with van der Waals surface area (Å²) < 4.78 is 39.8. The molecule has 6 heteroatoms. The van der Waals surface area contributed by atoms with E-state index in [0.717, 1.165) is 17.7 Å². The van der Waals surface area contributed by atoms with E-state index in [-0.39, 0.29) is 0 Å². The van der Waals surface area contributed by atoms with Crippen LogP contribution in [0.25, 0.3) is 11.4 Å². The van der Waals surface area contributed by atoms with Crippen LogP contribution in [0.1, 0.15) is 11.1 Å². The van der Waals surface area contributed by atoms with Crippen molar-refractivity contribution in [3.05, 3.63) is 72.1 Å². The summed E-state index contributed by atoms with van der Waals surface area (Å²) in [6.45, 7) is 0.503. The zero-order valence-electron chi connectivity index (χ0n) is 12.1. The number of nitrogens with two attached hydrogens (primary N) is 1. The van der Waals surface area contributed by atoms with Gasteiger partial charge >= 0.3 is 6.18 Å². The molecule has 0 fully saturated rings. The molecule has 1 heterocycles. The smallest absolute Gasteiger partial charge is 0.398 e. The summed E-state index contributed by atoms with van der Waals surface area (Å²) in [6.07, 6.45) is -0.946. The van der Waals surface area contributed by atoms with E-state index in [1.807, 2.05) is 28.8 Å². The van der Waals surface area contributed by atoms with Crippen molar-refractivity contribution < 1.29 is 13.2 Å². The second-order valence-corrected chi connectivity index (χ2v) is 5.15. The molecule has 0 spiro atoms. The number of nitrogen functional groups attached to an aromatic ring is 1. The monoisotopic (exact) mass is 317 g/mol. The molecule has 0 saturated heterocycles. The number of para-hydroxylation sites is 1. The van der Waals surface area contributed by atoms with Crippen molar-refractivity contribution in [1.29, 1.82) is 0 Å². The maximum absolute atomic E-state index is 12.6. The van der Waals surface area contributed by atoms with Gasteiger partial charge in [-0.15, -0.1) is 0 Å². The van der Waals surface area contributed by atoms with E-state index < -0.39 is 11.7 Å². The normalized spacial score (nSPS) is 11.6. The zero-order chi connectivity index (χ0) is 16.4. The molecular weight excluding hydrogens is 303 g/mol. The molecule has 0 saturated carbocycles. The predicted molar refractivity (Wildman–Crippen MR) is 82.6 cm³/mol. The Morgan fingerprint density at radius 2 is 1.70 bits per heavy atom. The molecule has 3 nitrogen and oxygen atoms in total. The minimum atomic E-state index is -4.34. The number of imidazole rings is 1. The Morgan fingerprint density at radius 1 is 1.00 bits per heavy atom. The second kappa shape index (κ2) is 5.79. The van der Waals surface area contributed by atoms with E-state index >= 15 is 0 Å². The van der Waals surface area contributed by atoms with Gasteiger partial charge in [-0.05, 0) is 23.8 Å². The number of nitrogens with zero attached hydrogens (tertiary/aromatic N) is 2. The fourth-order valence-corrected chi connectivity index (χ4v) is 2.37. The summed E-state index contributed by atoms with van der Waals surface area (Å²) in [5.41, 5.74) is 7.48. The Labute approximate surface area is 131 Å². The lowest BCUT2D eigenvalue weighted by Gasteiger charge is -2.11. The van der Waals surface area contributed by atoms with Crippen molar-refractivity contribution in [2.45, 2.75) is 12.7 Å². The number of hydrogen-bond donors (Lipinski definition) is 1. The van der Waals surface area contributed by atoms with Gasteiger partial charge in [-0.3, -0.25) is 0 Å². The summed E-state index contributed by atoms with van der Waals surface area (Å²) in [5.74, 6) is 0.599. The third-order valence-corrected chi connectivity index (χ3v) is 3.58. The van der Waals surface area contributed by atoms with Gasteiger partial charge < -0.3 is 10.3 Å². The summed E-state index contributed by atoms with van der Waals surface area (Å²) in [5, 5.41) is 0. The molecule has 0 amide bonds. The number of anilines is 1. The number of benzene rings is 2. The van der Waals surface area contributed by atoms with Gasteiger partial charge in [-0.2, -0.15) is 13.2 Å². The van der Waals surface area contributed by atoms with E-state index in [1.54, 1.807) is 12.4 Å². The second-order valence-electron chi connectivity index (χ2n) is 5.15. The maximum Gasteiger partial charge on any atom is 0.416 e. The first-order valence-electron chi connectivity index (χ1n) is 6.97. The van der Waals surface area contributed by atoms with E-state index in [0.29, 0.717) is 23.6 Å². The molecule has 23 heavy (non-hydrogen) atoms. The van der Waals surface area contributed by atoms with Crippen LogP contribution in [0.3, 0.4) is 0 Å². The molecule has 118 valence electrons. The van der Waals surface area contributed by atoms with E-state index in [9.17, 15) is 13.2 Å². The summed E-state index contributed by atoms with van der Waals surface area (Å²) in [7, 11) is 0. The molecule has 0 atom stereocenters. The van der Waals surface area contributed by atoms with Crippen molar-refractivity contribution in [2.24, 2.45) is 0 Å². The van der Waals surface area contributed by atoms with Gasteiger partial charge in [0.2, 0.25) is 0 Å². The van der Waals surface area contributed by atoms with Gasteiger partial charge in [0.05, 0.1) is 12.1 Å². The quantitative estimate of drug-likeness (QED) is 0.736. The first-order valence-corrected chi connectivity index (χ1v) is 6.97. The van der Waals surface area contributed by atoms with Crippen LogP contribution in [0.15, 0.2) is 60.9 Å². The third kappa shape index (κ3) is 3.21. The fraction of sp³-hybridized carbons (Fsp3) is 0.118. The minimum Gasteiger partial charge on any atom is -0.398 e. The van der Waals surface area contributed by atoms with Crippen LogP contribution >= 0.6 is 0 Å². The largest absolute Gasteiger partial charge is 0.416 e. The highest BCUT2D eigenvalue weighted by Gasteiger charge is 2.30. The van der Waals surface area contributed by atoms with Crippen molar-refractivity contribution in [1.82, 2.24) is 9.55 Å².